The lowest BCUT2D eigenvalue weighted by Crippen LogP contribution is -2.36. The first-order valence-corrected chi connectivity index (χ1v) is 9.11. The van der Waals surface area contributed by atoms with Gasteiger partial charge in [0.25, 0.3) is 0 Å². The first-order valence-electron chi connectivity index (χ1n) is 7.25. The van der Waals surface area contributed by atoms with Crippen LogP contribution in [0, 0.1) is 0 Å². The van der Waals surface area contributed by atoms with Gasteiger partial charge in [0.05, 0.1) is 16.4 Å². The topological polar surface area (TPSA) is 69.4 Å². The summed E-state index contributed by atoms with van der Waals surface area (Å²) in [5.74, 6) is 0.468. The molecule has 5 nitrogen and oxygen atoms in total. The van der Waals surface area contributed by atoms with Crippen LogP contribution in [-0.4, -0.2) is 31.9 Å². The third-order valence-corrected chi connectivity index (χ3v) is 6.54. The molecule has 0 spiro atoms. The zero-order valence-electron chi connectivity index (χ0n) is 14.2. The summed E-state index contributed by atoms with van der Waals surface area (Å²) in [5.41, 5.74) is 0.340. The van der Waals surface area contributed by atoms with E-state index in [1.807, 2.05) is 20.8 Å². The SMILES string of the molecule is COCC(C)(C)S(=O)(=O)c1c(Cl)ccc2nc(C(C)(C)C)oc12. The average Bonchev–Trinajstić information content (AvgIpc) is 2.81. The molecule has 0 saturated heterocycles. The number of rotatable bonds is 4. The Morgan fingerprint density at radius 2 is 1.83 bits per heavy atom. The van der Waals surface area contributed by atoms with Crippen LogP contribution >= 0.6 is 11.6 Å². The molecule has 0 radical (unpaired) electrons. The standard InChI is InChI=1S/C16H22ClNO4S/c1-15(2,3)14-18-11-8-7-10(17)13(12(11)22-14)23(19,20)16(4,5)9-21-6/h7-8H,9H2,1-6H3. The molecular formula is C16H22ClNO4S. The summed E-state index contributed by atoms with van der Waals surface area (Å²) in [6.45, 7) is 9.08. The summed E-state index contributed by atoms with van der Waals surface area (Å²) < 4.78 is 35.9. The van der Waals surface area contributed by atoms with Gasteiger partial charge in [0.1, 0.15) is 10.4 Å². The van der Waals surface area contributed by atoms with Crippen molar-refractivity contribution >= 4 is 32.5 Å². The maximum Gasteiger partial charge on any atom is 0.200 e. The molecule has 2 rings (SSSR count). The number of benzene rings is 1. The molecule has 0 aliphatic heterocycles. The van der Waals surface area contributed by atoms with E-state index in [1.54, 1.807) is 19.9 Å². The Balaban J connectivity index is 2.79. The molecule has 128 valence electrons. The van der Waals surface area contributed by atoms with Gasteiger partial charge in [-0.05, 0) is 26.0 Å². The van der Waals surface area contributed by atoms with Crippen LogP contribution in [0.1, 0.15) is 40.5 Å². The number of hydrogen-bond donors (Lipinski definition) is 0. The number of ether oxygens (including phenoxy) is 1. The van der Waals surface area contributed by atoms with Gasteiger partial charge in [-0.25, -0.2) is 13.4 Å². The summed E-state index contributed by atoms with van der Waals surface area (Å²) >= 11 is 6.21. The molecule has 2 aromatic rings. The van der Waals surface area contributed by atoms with Crippen molar-refractivity contribution in [3.05, 3.63) is 23.0 Å². The zero-order chi connectivity index (χ0) is 17.6. The smallest absolute Gasteiger partial charge is 0.200 e. The van der Waals surface area contributed by atoms with Crippen LogP contribution in [0.15, 0.2) is 21.4 Å². The zero-order valence-corrected chi connectivity index (χ0v) is 15.8. The van der Waals surface area contributed by atoms with E-state index in [0.29, 0.717) is 11.4 Å². The summed E-state index contributed by atoms with van der Waals surface area (Å²) in [5, 5.41) is 0.123. The van der Waals surface area contributed by atoms with Gasteiger partial charge in [-0.3, -0.25) is 0 Å². The first-order chi connectivity index (χ1) is 10.4. The Kier molecular flexibility index (Phi) is 4.56. The van der Waals surface area contributed by atoms with Gasteiger partial charge in [-0.15, -0.1) is 0 Å². The number of nitrogens with zero attached hydrogens (tertiary/aromatic N) is 1. The minimum atomic E-state index is -3.78. The summed E-state index contributed by atoms with van der Waals surface area (Å²) in [7, 11) is -2.32. The van der Waals surface area contributed by atoms with Gasteiger partial charge in [0, 0.05) is 12.5 Å². The molecule has 0 fully saturated rings. The van der Waals surface area contributed by atoms with E-state index in [1.165, 1.54) is 13.2 Å². The van der Waals surface area contributed by atoms with Crippen molar-refractivity contribution in [3.8, 4) is 0 Å². The maximum atomic E-state index is 13.1. The lowest BCUT2D eigenvalue weighted by atomic mass is 9.97. The predicted molar refractivity (Wildman–Crippen MR) is 90.9 cm³/mol. The minimum absolute atomic E-state index is 0.0262. The number of aromatic nitrogens is 1. The summed E-state index contributed by atoms with van der Waals surface area (Å²) in [6, 6.07) is 3.20. The van der Waals surface area contributed by atoms with Gasteiger partial charge in [-0.2, -0.15) is 0 Å². The highest BCUT2D eigenvalue weighted by molar-refractivity contribution is 7.93. The van der Waals surface area contributed by atoms with Crippen LogP contribution in [0.4, 0.5) is 0 Å². The Hall–Kier alpha value is -1.11. The van der Waals surface area contributed by atoms with Gasteiger partial charge in [0.2, 0.25) is 5.89 Å². The van der Waals surface area contributed by atoms with Crippen molar-refractivity contribution in [1.29, 1.82) is 0 Å². The molecular weight excluding hydrogens is 338 g/mol. The number of halogens is 1. The van der Waals surface area contributed by atoms with E-state index in [-0.39, 0.29) is 27.5 Å². The monoisotopic (exact) mass is 359 g/mol. The van der Waals surface area contributed by atoms with Crippen molar-refractivity contribution in [1.82, 2.24) is 4.98 Å². The maximum absolute atomic E-state index is 13.1. The van der Waals surface area contributed by atoms with Crippen molar-refractivity contribution < 1.29 is 17.6 Å². The molecule has 23 heavy (non-hydrogen) atoms. The van der Waals surface area contributed by atoms with Crippen LogP contribution in [0.5, 0.6) is 0 Å². The first kappa shape index (κ1) is 18.2. The third kappa shape index (κ3) is 3.12. The molecule has 1 aromatic heterocycles. The molecule has 1 aromatic carbocycles. The van der Waals surface area contributed by atoms with E-state index in [4.69, 9.17) is 20.8 Å². The third-order valence-electron chi connectivity index (χ3n) is 3.59. The second kappa shape index (κ2) is 5.76. The highest BCUT2D eigenvalue weighted by atomic mass is 35.5. The van der Waals surface area contributed by atoms with Gasteiger partial charge in [-0.1, -0.05) is 32.4 Å². The number of hydrogen-bond acceptors (Lipinski definition) is 5. The van der Waals surface area contributed by atoms with E-state index in [2.05, 4.69) is 4.98 Å². The molecule has 0 bridgehead atoms. The van der Waals surface area contributed by atoms with Crippen molar-refractivity contribution in [2.75, 3.05) is 13.7 Å². The van der Waals surface area contributed by atoms with Crippen molar-refractivity contribution in [3.63, 3.8) is 0 Å². The second-order valence-electron chi connectivity index (χ2n) is 7.19. The largest absolute Gasteiger partial charge is 0.439 e. The van der Waals surface area contributed by atoms with Gasteiger partial charge < -0.3 is 9.15 Å². The molecule has 0 amide bonds. The normalized spacial score (nSPS) is 13.7. The van der Waals surface area contributed by atoms with Crippen LogP contribution in [0.3, 0.4) is 0 Å². The highest BCUT2D eigenvalue weighted by Crippen LogP contribution is 2.38. The highest BCUT2D eigenvalue weighted by Gasteiger charge is 2.40. The quantitative estimate of drug-likeness (QED) is 0.825. The minimum Gasteiger partial charge on any atom is -0.439 e. The van der Waals surface area contributed by atoms with Crippen molar-refractivity contribution in [2.45, 2.75) is 49.7 Å². The van der Waals surface area contributed by atoms with Crippen LogP contribution < -0.4 is 0 Å². The van der Waals surface area contributed by atoms with Crippen molar-refractivity contribution in [2.24, 2.45) is 0 Å². The molecule has 0 aliphatic carbocycles. The van der Waals surface area contributed by atoms with Crippen LogP contribution in [0.2, 0.25) is 5.02 Å². The van der Waals surface area contributed by atoms with Gasteiger partial charge in [0.15, 0.2) is 15.4 Å². The van der Waals surface area contributed by atoms with E-state index >= 15 is 0 Å². The molecule has 0 unspecified atom stereocenters. The average molecular weight is 360 g/mol. The number of oxazole rings is 1. The Morgan fingerprint density at radius 3 is 2.35 bits per heavy atom. The molecule has 0 atom stereocenters. The fourth-order valence-electron chi connectivity index (χ4n) is 2.22. The lowest BCUT2D eigenvalue weighted by Gasteiger charge is -2.24. The Morgan fingerprint density at radius 1 is 1.22 bits per heavy atom. The van der Waals surface area contributed by atoms with Gasteiger partial charge >= 0.3 is 0 Å². The van der Waals surface area contributed by atoms with E-state index in [9.17, 15) is 8.42 Å². The fourth-order valence-corrected chi connectivity index (χ4v) is 4.21. The molecule has 0 aliphatic rings. The second-order valence-corrected chi connectivity index (χ2v) is 10.1. The Labute approximate surface area is 141 Å². The van der Waals surface area contributed by atoms with E-state index in [0.717, 1.165) is 0 Å². The van der Waals surface area contributed by atoms with Crippen LogP contribution in [-0.2, 0) is 20.0 Å². The molecule has 0 N–H and O–H groups in total. The number of fused-ring (bicyclic) bond motifs is 1. The molecule has 7 heteroatoms. The summed E-state index contributed by atoms with van der Waals surface area (Å²) in [4.78, 5) is 4.38. The lowest BCUT2D eigenvalue weighted by molar-refractivity contribution is 0.175. The Bertz CT molecular complexity index is 832. The van der Waals surface area contributed by atoms with Crippen LogP contribution in [0.25, 0.3) is 11.1 Å². The molecule has 0 saturated carbocycles. The summed E-state index contributed by atoms with van der Waals surface area (Å²) in [6.07, 6.45) is 0. The number of sulfone groups is 1. The molecule has 1 heterocycles. The number of methoxy groups -OCH3 is 1. The fraction of sp³-hybridized carbons (Fsp3) is 0.562. The predicted octanol–water partition coefficient (Wildman–Crippen LogP) is 3.98. The van der Waals surface area contributed by atoms with E-state index < -0.39 is 14.6 Å².